The molecule has 0 radical (unpaired) electrons. The normalized spacial score (nSPS) is 10.6. The van der Waals surface area contributed by atoms with E-state index in [-0.39, 0.29) is 11.5 Å². The number of nitrogens with two attached hydrogens (primary N) is 1. The van der Waals surface area contributed by atoms with Crippen LogP contribution < -0.4 is 11.3 Å². The number of benzene rings is 1. The molecule has 2 heterocycles. The second-order valence-corrected chi connectivity index (χ2v) is 5.31. The molecule has 5 heteroatoms. The Morgan fingerprint density at radius 2 is 1.78 bits per heavy atom. The van der Waals surface area contributed by atoms with Gasteiger partial charge in [-0.05, 0) is 30.5 Å². The summed E-state index contributed by atoms with van der Waals surface area (Å²) in [6, 6.07) is 15.3. The van der Waals surface area contributed by atoms with Crippen LogP contribution in [-0.2, 0) is 13.0 Å². The molecule has 0 atom stereocenters. The number of anilines is 1. The number of aryl methyl sites for hydroxylation is 1. The minimum Gasteiger partial charge on any atom is -0.369 e. The quantitative estimate of drug-likeness (QED) is 0.786. The molecule has 0 aliphatic heterocycles. The van der Waals surface area contributed by atoms with Crippen LogP contribution in [0.5, 0.6) is 0 Å². The van der Waals surface area contributed by atoms with E-state index in [1.165, 1.54) is 16.2 Å². The molecule has 3 aromatic rings. The highest BCUT2D eigenvalue weighted by atomic mass is 16.1. The molecule has 2 N–H and O–H groups in total. The molecule has 0 spiro atoms. The van der Waals surface area contributed by atoms with Crippen LogP contribution in [0.15, 0.2) is 65.7 Å². The summed E-state index contributed by atoms with van der Waals surface area (Å²) in [7, 11) is 0. The highest BCUT2D eigenvalue weighted by Crippen LogP contribution is 2.15. The van der Waals surface area contributed by atoms with Crippen LogP contribution in [-0.4, -0.2) is 14.5 Å². The monoisotopic (exact) mass is 306 g/mol. The second-order valence-electron chi connectivity index (χ2n) is 5.31. The van der Waals surface area contributed by atoms with Crippen LogP contribution in [0.25, 0.3) is 11.3 Å². The molecule has 23 heavy (non-hydrogen) atoms. The van der Waals surface area contributed by atoms with E-state index in [0.717, 1.165) is 18.4 Å². The van der Waals surface area contributed by atoms with Crippen molar-refractivity contribution < 1.29 is 0 Å². The molecule has 0 aliphatic carbocycles. The van der Waals surface area contributed by atoms with Gasteiger partial charge in [0.05, 0.1) is 5.69 Å². The first-order valence-corrected chi connectivity index (χ1v) is 7.56. The number of rotatable bonds is 5. The Morgan fingerprint density at radius 1 is 1.04 bits per heavy atom. The van der Waals surface area contributed by atoms with E-state index in [1.807, 2.05) is 18.2 Å². The Morgan fingerprint density at radius 3 is 2.48 bits per heavy atom. The fraction of sp³-hybridized carbons (Fsp3) is 0.167. The standard InChI is InChI=1S/C18H18N4O/c19-18-21-16(15-8-10-20-11-9-15)13-17(23)22(18)12-4-7-14-5-2-1-3-6-14/h1-3,5-6,8-11,13H,4,7,12H2,(H2,19,21). The maximum absolute atomic E-state index is 12.3. The molecular formula is C18H18N4O. The molecule has 0 unspecified atom stereocenters. The lowest BCUT2D eigenvalue weighted by Crippen LogP contribution is -2.24. The van der Waals surface area contributed by atoms with E-state index in [4.69, 9.17) is 5.73 Å². The van der Waals surface area contributed by atoms with E-state index in [9.17, 15) is 4.79 Å². The molecule has 0 fully saturated rings. The second kappa shape index (κ2) is 6.87. The van der Waals surface area contributed by atoms with Gasteiger partial charge in [0.2, 0.25) is 5.95 Å². The number of hydrogen-bond acceptors (Lipinski definition) is 4. The number of nitrogen functional groups attached to an aromatic ring is 1. The van der Waals surface area contributed by atoms with Gasteiger partial charge < -0.3 is 5.73 Å². The fourth-order valence-corrected chi connectivity index (χ4v) is 2.51. The maximum atomic E-state index is 12.3. The van der Waals surface area contributed by atoms with E-state index in [1.54, 1.807) is 24.5 Å². The summed E-state index contributed by atoms with van der Waals surface area (Å²) < 4.78 is 1.52. The van der Waals surface area contributed by atoms with Crippen molar-refractivity contribution in [2.75, 3.05) is 5.73 Å². The maximum Gasteiger partial charge on any atom is 0.255 e. The first-order valence-electron chi connectivity index (χ1n) is 7.56. The zero-order valence-electron chi connectivity index (χ0n) is 12.7. The topological polar surface area (TPSA) is 73.8 Å². The summed E-state index contributed by atoms with van der Waals surface area (Å²) in [5, 5.41) is 0. The van der Waals surface area contributed by atoms with Gasteiger partial charge in [-0.2, -0.15) is 0 Å². The smallest absolute Gasteiger partial charge is 0.255 e. The summed E-state index contributed by atoms with van der Waals surface area (Å²) in [6.45, 7) is 0.559. The molecule has 116 valence electrons. The summed E-state index contributed by atoms with van der Waals surface area (Å²) in [5.74, 6) is 0.248. The SMILES string of the molecule is Nc1nc(-c2ccncc2)cc(=O)n1CCCc1ccccc1. The molecule has 0 bridgehead atoms. The molecule has 2 aromatic heterocycles. The highest BCUT2D eigenvalue weighted by Gasteiger charge is 2.07. The van der Waals surface area contributed by atoms with Gasteiger partial charge in [-0.15, -0.1) is 0 Å². The first-order chi connectivity index (χ1) is 11.2. The summed E-state index contributed by atoms with van der Waals surface area (Å²) in [6.07, 6.45) is 5.07. The lowest BCUT2D eigenvalue weighted by Gasteiger charge is -2.10. The minimum absolute atomic E-state index is 0.127. The number of nitrogens with zero attached hydrogens (tertiary/aromatic N) is 3. The average molecular weight is 306 g/mol. The number of hydrogen-bond donors (Lipinski definition) is 1. The highest BCUT2D eigenvalue weighted by molar-refractivity contribution is 5.58. The van der Waals surface area contributed by atoms with Gasteiger partial charge in [-0.25, -0.2) is 4.98 Å². The van der Waals surface area contributed by atoms with E-state index in [2.05, 4.69) is 22.1 Å². The summed E-state index contributed by atoms with van der Waals surface area (Å²) >= 11 is 0. The van der Waals surface area contributed by atoms with Gasteiger partial charge in [0, 0.05) is 30.6 Å². The van der Waals surface area contributed by atoms with Gasteiger partial charge in [0.15, 0.2) is 0 Å². The molecular weight excluding hydrogens is 288 g/mol. The first kappa shape index (κ1) is 15.0. The van der Waals surface area contributed by atoms with Crippen LogP contribution >= 0.6 is 0 Å². The van der Waals surface area contributed by atoms with Crippen molar-refractivity contribution in [2.45, 2.75) is 19.4 Å². The lowest BCUT2D eigenvalue weighted by molar-refractivity contribution is 0.622. The Labute approximate surface area is 134 Å². The van der Waals surface area contributed by atoms with Crippen LogP contribution in [0.3, 0.4) is 0 Å². The third-order valence-corrected chi connectivity index (χ3v) is 3.70. The molecule has 0 saturated carbocycles. The summed E-state index contributed by atoms with van der Waals surface area (Å²) in [4.78, 5) is 20.6. The zero-order chi connectivity index (χ0) is 16.1. The van der Waals surface area contributed by atoms with E-state index >= 15 is 0 Å². The van der Waals surface area contributed by atoms with Crippen LogP contribution in [0.4, 0.5) is 5.95 Å². The number of pyridine rings is 1. The summed E-state index contributed by atoms with van der Waals surface area (Å²) in [5.41, 5.74) is 8.51. The van der Waals surface area contributed by atoms with Crippen molar-refractivity contribution in [1.82, 2.24) is 14.5 Å². The predicted octanol–water partition coefficient (Wildman–Crippen LogP) is 2.52. The predicted molar refractivity (Wildman–Crippen MR) is 90.9 cm³/mol. The molecule has 1 aromatic carbocycles. The molecule has 3 rings (SSSR count). The van der Waals surface area contributed by atoms with Crippen molar-refractivity contribution in [3.05, 3.63) is 76.8 Å². The Balaban J connectivity index is 1.75. The third-order valence-electron chi connectivity index (χ3n) is 3.70. The van der Waals surface area contributed by atoms with Crippen molar-refractivity contribution in [3.63, 3.8) is 0 Å². The van der Waals surface area contributed by atoms with Crippen molar-refractivity contribution >= 4 is 5.95 Å². The van der Waals surface area contributed by atoms with Crippen LogP contribution in [0.2, 0.25) is 0 Å². The Kier molecular flexibility index (Phi) is 4.47. The molecule has 5 nitrogen and oxygen atoms in total. The van der Waals surface area contributed by atoms with Crippen molar-refractivity contribution in [2.24, 2.45) is 0 Å². The van der Waals surface area contributed by atoms with Crippen LogP contribution in [0, 0.1) is 0 Å². The molecule has 0 saturated heterocycles. The lowest BCUT2D eigenvalue weighted by atomic mass is 10.1. The largest absolute Gasteiger partial charge is 0.369 e. The number of aromatic nitrogens is 3. The van der Waals surface area contributed by atoms with Gasteiger partial charge in [0.25, 0.3) is 5.56 Å². The van der Waals surface area contributed by atoms with Gasteiger partial charge in [0.1, 0.15) is 0 Å². The van der Waals surface area contributed by atoms with Gasteiger partial charge in [-0.1, -0.05) is 30.3 Å². The molecule has 0 aliphatic rings. The minimum atomic E-state index is -0.127. The van der Waals surface area contributed by atoms with Gasteiger partial charge >= 0.3 is 0 Å². The van der Waals surface area contributed by atoms with Gasteiger partial charge in [-0.3, -0.25) is 14.3 Å². The van der Waals surface area contributed by atoms with E-state index < -0.39 is 0 Å². The van der Waals surface area contributed by atoms with Crippen molar-refractivity contribution in [1.29, 1.82) is 0 Å². The fourth-order valence-electron chi connectivity index (χ4n) is 2.51. The Bertz CT molecular complexity index is 829. The van der Waals surface area contributed by atoms with Crippen molar-refractivity contribution in [3.8, 4) is 11.3 Å². The average Bonchev–Trinajstić information content (AvgIpc) is 2.59. The van der Waals surface area contributed by atoms with E-state index in [0.29, 0.717) is 12.2 Å². The third kappa shape index (κ3) is 3.63. The zero-order valence-corrected chi connectivity index (χ0v) is 12.7. The Hall–Kier alpha value is -2.95. The van der Waals surface area contributed by atoms with Crippen LogP contribution in [0.1, 0.15) is 12.0 Å². The molecule has 0 amide bonds.